The Morgan fingerprint density at radius 2 is 2.29 bits per heavy atom. The highest BCUT2D eigenvalue weighted by atomic mass is 35.5. The van der Waals surface area contributed by atoms with E-state index in [2.05, 4.69) is 16.8 Å². The molecule has 0 radical (unpaired) electrons. The van der Waals surface area contributed by atoms with Crippen LogP contribution >= 0.6 is 11.6 Å². The van der Waals surface area contributed by atoms with E-state index < -0.39 is 0 Å². The first-order valence-electron chi connectivity index (χ1n) is 4.00. The SMILES string of the molecule is C=Cc1ccc(-c2nnco2)c(Cl)c1. The van der Waals surface area contributed by atoms with Crippen molar-refractivity contribution in [1.29, 1.82) is 0 Å². The van der Waals surface area contributed by atoms with Crippen molar-refractivity contribution in [1.82, 2.24) is 10.2 Å². The molecule has 1 aromatic carbocycles. The molecule has 1 aromatic heterocycles. The van der Waals surface area contributed by atoms with Crippen LogP contribution in [0.2, 0.25) is 5.02 Å². The van der Waals surface area contributed by atoms with Crippen molar-refractivity contribution in [3.63, 3.8) is 0 Å². The van der Waals surface area contributed by atoms with Crippen molar-refractivity contribution in [3.8, 4) is 11.5 Å². The molecule has 0 N–H and O–H groups in total. The Balaban J connectivity index is 2.51. The summed E-state index contributed by atoms with van der Waals surface area (Å²) < 4.78 is 5.04. The van der Waals surface area contributed by atoms with E-state index in [4.69, 9.17) is 16.0 Å². The normalized spacial score (nSPS) is 10.1. The second-order valence-corrected chi connectivity index (χ2v) is 3.09. The number of aromatic nitrogens is 2. The van der Waals surface area contributed by atoms with Crippen molar-refractivity contribution in [2.45, 2.75) is 0 Å². The molecule has 0 amide bonds. The lowest BCUT2D eigenvalue weighted by Crippen LogP contribution is -1.81. The van der Waals surface area contributed by atoms with Gasteiger partial charge in [0, 0.05) is 0 Å². The molecule has 0 bridgehead atoms. The largest absolute Gasteiger partial charge is 0.423 e. The molecule has 4 heteroatoms. The van der Waals surface area contributed by atoms with Gasteiger partial charge in [0.05, 0.1) is 10.6 Å². The zero-order valence-electron chi connectivity index (χ0n) is 7.27. The topological polar surface area (TPSA) is 38.9 Å². The Morgan fingerprint density at radius 1 is 1.43 bits per heavy atom. The van der Waals surface area contributed by atoms with E-state index in [1.165, 1.54) is 6.39 Å². The highest BCUT2D eigenvalue weighted by molar-refractivity contribution is 6.33. The lowest BCUT2D eigenvalue weighted by atomic mass is 10.1. The van der Waals surface area contributed by atoms with Crippen LogP contribution in [0, 0.1) is 0 Å². The van der Waals surface area contributed by atoms with Gasteiger partial charge in [-0.1, -0.05) is 30.3 Å². The maximum absolute atomic E-state index is 6.02. The first-order valence-corrected chi connectivity index (χ1v) is 4.37. The molecule has 2 aromatic rings. The maximum atomic E-state index is 6.02. The summed E-state index contributed by atoms with van der Waals surface area (Å²) in [7, 11) is 0. The summed E-state index contributed by atoms with van der Waals surface area (Å²) in [4.78, 5) is 0. The van der Waals surface area contributed by atoms with Gasteiger partial charge in [-0.2, -0.15) is 0 Å². The molecule has 0 aliphatic carbocycles. The molecule has 0 fully saturated rings. The molecule has 0 unspecified atom stereocenters. The van der Waals surface area contributed by atoms with Crippen molar-refractivity contribution in [2.24, 2.45) is 0 Å². The van der Waals surface area contributed by atoms with Crippen LogP contribution < -0.4 is 0 Å². The summed E-state index contributed by atoms with van der Waals surface area (Å²) in [5, 5.41) is 7.94. The van der Waals surface area contributed by atoms with Crippen LogP contribution in [0.1, 0.15) is 5.56 Å². The second-order valence-electron chi connectivity index (χ2n) is 2.69. The third-order valence-corrected chi connectivity index (χ3v) is 2.13. The third-order valence-electron chi connectivity index (χ3n) is 1.82. The van der Waals surface area contributed by atoms with E-state index in [-0.39, 0.29) is 0 Å². The van der Waals surface area contributed by atoms with Crippen LogP contribution in [-0.2, 0) is 0 Å². The van der Waals surface area contributed by atoms with Gasteiger partial charge >= 0.3 is 0 Å². The molecule has 70 valence electrons. The van der Waals surface area contributed by atoms with Crippen molar-refractivity contribution in [3.05, 3.63) is 41.8 Å². The van der Waals surface area contributed by atoms with Crippen LogP contribution in [0.3, 0.4) is 0 Å². The summed E-state index contributed by atoms with van der Waals surface area (Å²) in [5.41, 5.74) is 1.69. The Kier molecular flexibility index (Phi) is 2.33. The summed E-state index contributed by atoms with van der Waals surface area (Å²) in [6, 6.07) is 5.51. The van der Waals surface area contributed by atoms with E-state index >= 15 is 0 Å². The van der Waals surface area contributed by atoms with Crippen LogP contribution in [0.4, 0.5) is 0 Å². The lowest BCUT2D eigenvalue weighted by molar-refractivity contribution is 0.568. The zero-order valence-corrected chi connectivity index (χ0v) is 8.03. The lowest BCUT2D eigenvalue weighted by Gasteiger charge is -1.99. The van der Waals surface area contributed by atoms with Gasteiger partial charge in [-0.3, -0.25) is 0 Å². The highest BCUT2D eigenvalue weighted by Gasteiger charge is 2.07. The Bertz CT molecular complexity index is 451. The summed E-state index contributed by atoms with van der Waals surface area (Å²) >= 11 is 6.02. The molecule has 0 atom stereocenters. The number of nitrogens with zero attached hydrogens (tertiary/aromatic N) is 2. The minimum Gasteiger partial charge on any atom is -0.423 e. The van der Waals surface area contributed by atoms with Crippen LogP contribution in [0.5, 0.6) is 0 Å². The summed E-state index contributed by atoms with van der Waals surface area (Å²) in [5.74, 6) is 0.422. The molecule has 0 spiro atoms. The van der Waals surface area contributed by atoms with Crippen molar-refractivity contribution >= 4 is 17.7 Å². The molecule has 0 aliphatic heterocycles. The summed E-state index contributed by atoms with van der Waals surface area (Å²) in [6.07, 6.45) is 3.00. The second kappa shape index (κ2) is 3.64. The van der Waals surface area contributed by atoms with Gasteiger partial charge in [-0.25, -0.2) is 0 Å². The van der Waals surface area contributed by atoms with E-state index in [1.54, 1.807) is 12.1 Å². The van der Waals surface area contributed by atoms with E-state index in [0.717, 1.165) is 11.1 Å². The van der Waals surface area contributed by atoms with Gasteiger partial charge in [0.1, 0.15) is 0 Å². The fourth-order valence-corrected chi connectivity index (χ4v) is 1.39. The van der Waals surface area contributed by atoms with Gasteiger partial charge in [-0.15, -0.1) is 10.2 Å². The monoisotopic (exact) mass is 206 g/mol. The van der Waals surface area contributed by atoms with Crippen LogP contribution in [0.25, 0.3) is 17.5 Å². The van der Waals surface area contributed by atoms with Crippen molar-refractivity contribution in [2.75, 3.05) is 0 Å². The zero-order chi connectivity index (χ0) is 9.97. The quantitative estimate of drug-likeness (QED) is 0.758. The average Bonchev–Trinajstić information content (AvgIpc) is 2.70. The molecule has 3 nitrogen and oxygen atoms in total. The molecule has 0 aliphatic rings. The fourth-order valence-electron chi connectivity index (χ4n) is 1.12. The molecule has 14 heavy (non-hydrogen) atoms. The van der Waals surface area contributed by atoms with E-state index in [1.807, 2.05) is 12.1 Å². The molecular formula is C10H7ClN2O. The van der Waals surface area contributed by atoms with Gasteiger partial charge in [0.2, 0.25) is 12.3 Å². The number of hydrogen-bond acceptors (Lipinski definition) is 3. The van der Waals surface area contributed by atoms with E-state index in [9.17, 15) is 0 Å². The first kappa shape index (κ1) is 8.97. The Hall–Kier alpha value is -1.61. The van der Waals surface area contributed by atoms with Crippen LogP contribution in [0.15, 0.2) is 35.6 Å². The molecule has 0 saturated carbocycles. The van der Waals surface area contributed by atoms with Crippen molar-refractivity contribution < 1.29 is 4.42 Å². The number of rotatable bonds is 2. The smallest absolute Gasteiger partial charge is 0.248 e. The van der Waals surface area contributed by atoms with Gasteiger partial charge in [-0.05, 0) is 17.7 Å². The summed E-state index contributed by atoms with van der Waals surface area (Å²) in [6.45, 7) is 3.65. The fraction of sp³-hybridized carbons (Fsp3) is 0. The Labute approximate surface area is 86.0 Å². The minimum absolute atomic E-state index is 0.422. The minimum atomic E-state index is 0.422. The van der Waals surface area contributed by atoms with Crippen LogP contribution in [-0.4, -0.2) is 10.2 Å². The van der Waals surface area contributed by atoms with Gasteiger partial charge in [0.25, 0.3) is 0 Å². The molecular weight excluding hydrogens is 200 g/mol. The molecule has 0 saturated heterocycles. The standard InChI is InChI=1S/C10H7ClN2O/c1-2-7-3-4-8(9(11)5-7)10-13-12-6-14-10/h2-6H,1H2. The average molecular weight is 207 g/mol. The van der Waals surface area contributed by atoms with E-state index in [0.29, 0.717) is 10.9 Å². The van der Waals surface area contributed by atoms with Gasteiger partial charge < -0.3 is 4.42 Å². The molecule has 2 rings (SSSR count). The molecule has 1 heterocycles. The maximum Gasteiger partial charge on any atom is 0.248 e. The first-order chi connectivity index (χ1) is 6.81. The number of hydrogen-bond donors (Lipinski definition) is 0. The predicted molar refractivity (Wildman–Crippen MR) is 54.8 cm³/mol. The third kappa shape index (κ3) is 1.54. The highest BCUT2D eigenvalue weighted by Crippen LogP contribution is 2.27. The van der Waals surface area contributed by atoms with Gasteiger partial charge in [0.15, 0.2) is 0 Å². The number of halogens is 1. The predicted octanol–water partition coefficient (Wildman–Crippen LogP) is 3.03. The Morgan fingerprint density at radius 3 is 2.86 bits per heavy atom. The number of benzene rings is 1.